The lowest BCUT2D eigenvalue weighted by molar-refractivity contribution is -0.885. The van der Waals surface area contributed by atoms with Crippen LogP contribution in [0.4, 0.5) is 0 Å². The monoisotopic (exact) mass is 347 g/mol. The summed E-state index contributed by atoms with van der Waals surface area (Å²) in [5, 5.41) is 16.1. The van der Waals surface area contributed by atoms with E-state index in [0.717, 1.165) is 45.2 Å². The minimum Gasteiger partial charge on any atom is -0.634 e. The fourth-order valence-corrected chi connectivity index (χ4v) is 3.61. The molecule has 0 aromatic heterocycles. The van der Waals surface area contributed by atoms with Crippen LogP contribution in [-0.2, 0) is 17.8 Å². The van der Waals surface area contributed by atoms with Crippen LogP contribution < -0.4 is 16.1 Å². The standard InChI is InChI=1S/C20H33N3O2/c1-3-4-5-19-18-8-7-16(12-17(18)10-11-23(19)25)14-22-13-15(2)6-9-20(21)24/h7-8,12,15,19,22-23H,3-6,9-11,13-14H2,1-2H3,(H2,21,24). The zero-order chi connectivity index (χ0) is 18.2. The number of quaternary nitrogens is 1. The molecule has 4 N–H and O–H groups in total. The molecular weight excluding hydrogens is 314 g/mol. The number of benzene rings is 1. The molecule has 0 fully saturated rings. The van der Waals surface area contributed by atoms with Crippen molar-refractivity contribution in [2.45, 2.75) is 65.0 Å². The zero-order valence-electron chi connectivity index (χ0n) is 15.6. The molecule has 3 atom stereocenters. The first-order chi connectivity index (χ1) is 12.0. The number of unbranched alkanes of at least 4 members (excludes halogenated alkanes) is 1. The largest absolute Gasteiger partial charge is 0.634 e. The van der Waals surface area contributed by atoms with Gasteiger partial charge in [-0.1, -0.05) is 38.5 Å². The van der Waals surface area contributed by atoms with Crippen molar-refractivity contribution >= 4 is 5.91 Å². The Kier molecular flexibility index (Phi) is 7.88. The summed E-state index contributed by atoms with van der Waals surface area (Å²) >= 11 is 0. The summed E-state index contributed by atoms with van der Waals surface area (Å²) in [6.45, 7) is 6.69. The van der Waals surface area contributed by atoms with Crippen molar-refractivity contribution in [3.05, 3.63) is 40.1 Å². The second kappa shape index (κ2) is 9.90. The highest BCUT2D eigenvalue weighted by atomic mass is 16.5. The number of rotatable bonds is 10. The number of hydrogen-bond acceptors (Lipinski definition) is 3. The first kappa shape index (κ1) is 19.9. The molecule has 1 aliphatic heterocycles. The number of fused-ring (bicyclic) bond motifs is 1. The van der Waals surface area contributed by atoms with Crippen LogP contribution in [-0.4, -0.2) is 19.0 Å². The summed E-state index contributed by atoms with van der Waals surface area (Å²) in [4.78, 5) is 10.8. The lowest BCUT2D eigenvalue weighted by Crippen LogP contribution is -3.08. The van der Waals surface area contributed by atoms with Crippen molar-refractivity contribution in [3.8, 4) is 0 Å². The van der Waals surface area contributed by atoms with Crippen LogP contribution in [0.3, 0.4) is 0 Å². The molecule has 0 saturated carbocycles. The van der Waals surface area contributed by atoms with Crippen LogP contribution in [0.2, 0.25) is 0 Å². The van der Waals surface area contributed by atoms with E-state index in [1.807, 2.05) is 0 Å². The van der Waals surface area contributed by atoms with Crippen molar-refractivity contribution in [2.75, 3.05) is 13.1 Å². The lowest BCUT2D eigenvalue weighted by atomic mass is 9.89. The fourth-order valence-electron chi connectivity index (χ4n) is 3.61. The van der Waals surface area contributed by atoms with Gasteiger partial charge in [-0.2, -0.15) is 0 Å². The third-order valence-electron chi connectivity index (χ3n) is 5.16. The minimum atomic E-state index is -0.228. The third kappa shape index (κ3) is 6.10. The van der Waals surface area contributed by atoms with Gasteiger partial charge in [-0.05, 0) is 36.4 Å². The average Bonchev–Trinajstić information content (AvgIpc) is 2.59. The van der Waals surface area contributed by atoms with E-state index in [1.165, 1.54) is 16.7 Å². The van der Waals surface area contributed by atoms with Gasteiger partial charge in [0.25, 0.3) is 0 Å². The van der Waals surface area contributed by atoms with Crippen LogP contribution in [0.5, 0.6) is 0 Å². The van der Waals surface area contributed by atoms with Gasteiger partial charge >= 0.3 is 0 Å². The predicted octanol–water partition coefficient (Wildman–Crippen LogP) is 1.85. The Morgan fingerprint density at radius 3 is 3.00 bits per heavy atom. The van der Waals surface area contributed by atoms with Crippen molar-refractivity contribution in [2.24, 2.45) is 11.7 Å². The van der Waals surface area contributed by atoms with E-state index >= 15 is 0 Å². The number of amides is 1. The Balaban J connectivity index is 1.89. The van der Waals surface area contributed by atoms with Crippen LogP contribution >= 0.6 is 0 Å². The Bertz CT molecular complexity index is 562. The number of hydrogen-bond donors (Lipinski definition) is 3. The second-order valence-corrected chi connectivity index (χ2v) is 7.44. The van der Waals surface area contributed by atoms with E-state index in [0.29, 0.717) is 23.9 Å². The number of primary amides is 1. The van der Waals surface area contributed by atoms with Crippen LogP contribution in [0, 0.1) is 11.1 Å². The summed E-state index contributed by atoms with van der Waals surface area (Å²) < 4.78 is 0. The smallest absolute Gasteiger partial charge is 0.217 e. The van der Waals surface area contributed by atoms with Crippen LogP contribution in [0.1, 0.15) is 68.7 Å². The van der Waals surface area contributed by atoms with Crippen LogP contribution in [0.15, 0.2) is 18.2 Å². The second-order valence-electron chi connectivity index (χ2n) is 7.44. The number of nitrogens with two attached hydrogens (primary N) is 1. The minimum absolute atomic E-state index is 0.111. The molecule has 1 aromatic rings. The highest BCUT2D eigenvalue weighted by molar-refractivity contribution is 5.73. The van der Waals surface area contributed by atoms with Gasteiger partial charge < -0.3 is 21.3 Å². The highest BCUT2D eigenvalue weighted by Gasteiger charge is 2.25. The molecule has 0 spiro atoms. The maximum atomic E-state index is 12.3. The van der Waals surface area contributed by atoms with Gasteiger partial charge in [0.1, 0.15) is 6.04 Å². The first-order valence-electron chi connectivity index (χ1n) is 9.64. The Hall–Kier alpha value is -1.43. The number of carbonyl (C=O) groups is 1. The van der Waals surface area contributed by atoms with E-state index in [9.17, 15) is 10.0 Å². The molecule has 0 radical (unpaired) electrons. The van der Waals surface area contributed by atoms with Crippen molar-refractivity contribution in [3.63, 3.8) is 0 Å². The van der Waals surface area contributed by atoms with Gasteiger partial charge in [-0.3, -0.25) is 4.79 Å². The fraction of sp³-hybridized carbons (Fsp3) is 0.650. The summed E-state index contributed by atoms with van der Waals surface area (Å²) in [6, 6.07) is 6.69. The lowest BCUT2D eigenvalue weighted by Gasteiger charge is -2.37. The predicted molar refractivity (Wildman–Crippen MR) is 101 cm³/mol. The number of nitrogens with one attached hydrogen (secondary N) is 2. The van der Waals surface area contributed by atoms with Crippen molar-refractivity contribution < 1.29 is 9.86 Å². The van der Waals surface area contributed by atoms with Crippen LogP contribution in [0.25, 0.3) is 0 Å². The SMILES string of the molecule is CCCCC1c2ccc(CNCC(C)CCC(N)=O)cc2CC[NH+]1[O-]. The van der Waals surface area contributed by atoms with Gasteiger partial charge in [0.05, 0.1) is 6.54 Å². The molecule has 5 nitrogen and oxygen atoms in total. The van der Waals surface area contributed by atoms with E-state index in [-0.39, 0.29) is 11.9 Å². The van der Waals surface area contributed by atoms with Gasteiger partial charge in [-0.15, -0.1) is 0 Å². The van der Waals surface area contributed by atoms with E-state index in [1.54, 1.807) is 0 Å². The molecule has 25 heavy (non-hydrogen) atoms. The zero-order valence-corrected chi connectivity index (χ0v) is 15.6. The Morgan fingerprint density at radius 1 is 1.48 bits per heavy atom. The van der Waals surface area contributed by atoms with E-state index < -0.39 is 0 Å². The average molecular weight is 348 g/mol. The maximum absolute atomic E-state index is 12.3. The summed E-state index contributed by atoms with van der Waals surface area (Å²) in [6.07, 6.45) is 5.39. The summed E-state index contributed by atoms with van der Waals surface area (Å²) in [7, 11) is 0. The topological polar surface area (TPSA) is 82.6 Å². The molecule has 0 bridgehead atoms. The third-order valence-corrected chi connectivity index (χ3v) is 5.16. The molecule has 1 aromatic carbocycles. The quantitative estimate of drug-likeness (QED) is 0.565. The maximum Gasteiger partial charge on any atom is 0.217 e. The molecular formula is C20H33N3O2. The molecule has 1 aliphatic rings. The van der Waals surface area contributed by atoms with Gasteiger partial charge in [0, 0.05) is 31.4 Å². The Labute approximate surface area is 151 Å². The first-order valence-corrected chi connectivity index (χ1v) is 9.64. The van der Waals surface area contributed by atoms with E-state index in [4.69, 9.17) is 5.73 Å². The number of carbonyl (C=O) groups excluding carboxylic acids is 1. The normalized spacial score (nSPS) is 20.9. The van der Waals surface area contributed by atoms with Crippen molar-refractivity contribution in [1.82, 2.24) is 5.32 Å². The molecule has 0 saturated heterocycles. The Morgan fingerprint density at radius 2 is 2.28 bits per heavy atom. The van der Waals surface area contributed by atoms with Gasteiger partial charge in [-0.25, -0.2) is 0 Å². The molecule has 140 valence electrons. The molecule has 1 heterocycles. The van der Waals surface area contributed by atoms with Crippen molar-refractivity contribution in [1.29, 1.82) is 0 Å². The van der Waals surface area contributed by atoms with E-state index in [2.05, 4.69) is 37.4 Å². The molecule has 2 rings (SSSR count). The number of hydroxylamine groups is 2. The summed E-state index contributed by atoms with van der Waals surface area (Å²) in [5.41, 5.74) is 9.06. The summed E-state index contributed by atoms with van der Waals surface area (Å²) in [5.74, 6) is 0.204. The molecule has 1 amide bonds. The molecule has 5 heteroatoms. The molecule has 0 aliphatic carbocycles. The van der Waals surface area contributed by atoms with Gasteiger partial charge in [0.2, 0.25) is 5.91 Å². The molecule has 3 unspecified atom stereocenters. The van der Waals surface area contributed by atoms with Gasteiger partial charge in [0.15, 0.2) is 0 Å². The highest BCUT2D eigenvalue weighted by Crippen LogP contribution is 2.25.